The molecule has 0 radical (unpaired) electrons. The van der Waals surface area contributed by atoms with E-state index in [1.54, 1.807) is 19.9 Å². The summed E-state index contributed by atoms with van der Waals surface area (Å²) in [4.78, 5) is 36.6. The molecule has 1 aromatic heterocycles. The standard InChI is InChI=1S/C22H26N2O7S2/c1-4-30-22(27)20-17(15-6-7-15)12-32-21(20)24-18(25)11-31-19(26)10-23-33(28,29)16-8-5-13(2)14(3)9-16/h5,8-9,12,15,23H,4,6-7,10-11H2,1-3H3,(H,24,25). The van der Waals surface area contributed by atoms with Crippen molar-refractivity contribution in [3.63, 3.8) is 0 Å². The molecule has 9 nitrogen and oxygen atoms in total. The van der Waals surface area contributed by atoms with Gasteiger partial charge in [0.15, 0.2) is 6.61 Å². The summed E-state index contributed by atoms with van der Waals surface area (Å²) in [5.41, 5.74) is 2.94. The van der Waals surface area contributed by atoms with Crippen molar-refractivity contribution in [2.75, 3.05) is 25.1 Å². The average molecular weight is 495 g/mol. The van der Waals surface area contributed by atoms with Crippen LogP contribution in [0.4, 0.5) is 5.00 Å². The maximum absolute atomic E-state index is 12.4. The Labute approximate surface area is 196 Å². The minimum Gasteiger partial charge on any atom is -0.462 e. The van der Waals surface area contributed by atoms with E-state index in [0.717, 1.165) is 29.5 Å². The molecule has 0 bridgehead atoms. The fourth-order valence-electron chi connectivity index (χ4n) is 3.05. The van der Waals surface area contributed by atoms with Gasteiger partial charge in [0, 0.05) is 0 Å². The number of benzene rings is 1. The lowest BCUT2D eigenvalue weighted by molar-refractivity contribution is -0.146. The first-order chi connectivity index (χ1) is 15.6. The molecule has 0 saturated heterocycles. The number of hydrogen-bond acceptors (Lipinski definition) is 8. The summed E-state index contributed by atoms with van der Waals surface area (Å²) in [6, 6.07) is 4.63. The molecular formula is C22H26N2O7S2. The normalized spacial score (nSPS) is 13.4. The summed E-state index contributed by atoms with van der Waals surface area (Å²) < 4.78 is 36.9. The van der Waals surface area contributed by atoms with Gasteiger partial charge < -0.3 is 14.8 Å². The molecule has 1 aliphatic rings. The topological polar surface area (TPSA) is 128 Å². The predicted octanol–water partition coefficient (Wildman–Crippen LogP) is 2.88. The van der Waals surface area contributed by atoms with Gasteiger partial charge in [-0.3, -0.25) is 9.59 Å². The molecule has 1 amide bonds. The van der Waals surface area contributed by atoms with Crippen LogP contribution in [0.2, 0.25) is 0 Å². The van der Waals surface area contributed by atoms with Crippen LogP contribution in [0.3, 0.4) is 0 Å². The highest BCUT2D eigenvalue weighted by atomic mass is 32.2. The van der Waals surface area contributed by atoms with Crippen molar-refractivity contribution in [1.82, 2.24) is 4.72 Å². The first-order valence-corrected chi connectivity index (χ1v) is 12.8. The Balaban J connectivity index is 1.53. The van der Waals surface area contributed by atoms with E-state index in [-0.39, 0.29) is 17.4 Å². The zero-order valence-corrected chi connectivity index (χ0v) is 20.2. The Morgan fingerprint density at radius 1 is 1.12 bits per heavy atom. The van der Waals surface area contributed by atoms with Gasteiger partial charge in [-0.2, -0.15) is 4.72 Å². The zero-order valence-electron chi connectivity index (χ0n) is 18.6. The van der Waals surface area contributed by atoms with Crippen molar-refractivity contribution in [2.45, 2.75) is 44.4 Å². The van der Waals surface area contributed by atoms with Crippen LogP contribution in [-0.4, -0.2) is 46.0 Å². The van der Waals surface area contributed by atoms with Crippen LogP contribution >= 0.6 is 11.3 Å². The van der Waals surface area contributed by atoms with Crippen LogP contribution in [0.1, 0.15) is 52.7 Å². The summed E-state index contributed by atoms with van der Waals surface area (Å²) in [7, 11) is -3.90. The van der Waals surface area contributed by atoms with Gasteiger partial charge in [-0.1, -0.05) is 6.07 Å². The van der Waals surface area contributed by atoms with Crippen molar-refractivity contribution >= 4 is 44.2 Å². The highest BCUT2D eigenvalue weighted by Crippen LogP contribution is 2.46. The van der Waals surface area contributed by atoms with E-state index in [9.17, 15) is 22.8 Å². The number of esters is 2. The number of anilines is 1. The zero-order chi connectivity index (χ0) is 24.2. The third kappa shape index (κ3) is 6.40. The second-order valence-electron chi connectivity index (χ2n) is 7.67. The van der Waals surface area contributed by atoms with E-state index in [4.69, 9.17) is 9.47 Å². The van der Waals surface area contributed by atoms with Gasteiger partial charge in [0.1, 0.15) is 11.5 Å². The van der Waals surface area contributed by atoms with Crippen LogP contribution < -0.4 is 10.0 Å². The van der Waals surface area contributed by atoms with Crippen LogP contribution in [0, 0.1) is 13.8 Å². The Hall–Kier alpha value is -2.76. The van der Waals surface area contributed by atoms with Crippen molar-refractivity contribution in [3.05, 3.63) is 45.8 Å². The number of carbonyl (C=O) groups excluding carboxylic acids is 3. The Morgan fingerprint density at radius 3 is 2.48 bits per heavy atom. The molecule has 1 fully saturated rings. The van der Waals surface area contributed by atoms with Crippen molar-refractivity contribution < 1.29 is 32.3 Å². The summed E-state index contributed by atoms with van der Waals surface area (Å²) in [6.45, 7) is 4.31. The number of thiophene rings is 1. The molecule has 0 unspecified atom stereocenters. The molecule has 33 heavy (non-hydrogen) atoms. The molecule has 0 atom stereocenters. The minimum absolute atomic E-state index is 0.0341. The SMILES string of the molecule is CCOC(=O)c1c(C2CC2)csc1NC(=O)COC(=O)CNS(=O)(=O)c1ccc(C)c(C)c1. The third-order valence-corrected chi connectivity index (χ3v) is 7.44. The number of aryl methyl sites for hydroxylation is 2. The number of sulfonamides is 1. The van der Waals surface area contributed by atoms with Gasteiger partial charge >= 0.3 is 11.9 Å². The van der Waals surface area contributed by atoms with E-state index in [1.807, 2.05) is 12.3 Å². The molecule has 0 aliphatic heterocycles. The highest BCUT2D eigenvalue weighted by Gasteiger charge is 2.32. The fourth-order valence-corrected chi connectivity index (χ4v) is 5.15. The first kappa shape index (κ1) is 24.9. The largest absolute Gasteiger partial charge is 0.462 e. The van der Waals surface area contributed by atoms with Crippen LogP contribution in [0.25, 0.3) is 0 Å². The van der Waals surface area contributed by atoms with Crippen LogP contribution in [-0.2, 0) is 29.1 Å². The van der Waals surface area contributed by atoms with E-state index < -0.39 is 41.0 Å². The Morgan fingerprint density at radius 2 is 1.85 bits per heavy atom. The van der Waals surface area contributed by atoms with E-state index in [2.05, 4.69) is 10.0 Å². The molecule has 1 saturated carbocycles. The number of hydrogen-bond donors (Lipinski definition) is 2. The summed E-state index contributed by atoms with van der Waals surface area (Å²) in [6.07, 6.45) is 1.96. The summed E-state index contributed by atoms with van der Waals surface area (Å²) >= 11 is 1.21. The fraction of sp³-hybridized carbons (Fsp3) is 0.409. The molecule has 3 rings (SSSR count). The lowest BCUT2D eigenvalue weighted by Gasteiger charge is -2.10. The van der Waals surface area contributed by atoms with Gasteiger partial charge in [0.05, 0.1) is 17.1 Å². The number of nitrogens with one attached hydrogen (secondary N) is 2. The lowest BCUT2D eigenvalue weighted by Crippen LogP contribution is -2.32. The van der Waals surface area contributed by atoms with Gasteiger partial charge in [-0.25, -0.2) is 13.2 Å². The minimum atomic E-state index is -3.90. The second-order valence-corrected chi connectivity index (χ2v) is 10.3. The number of ether oxygens (including phenoxy) is 2. The Kier molecular flexibility index (Phi) is 7.88. The van der Waals surface area contributed by atoms with Crippen molar-refractivity contribution in [1.29, 1.82) is 0 Å². The van der Waals surface area contributed by atoms with Crippen molar-refractivity contribution in [2.24, 2.45) is 0 Å². The molecule has 0 spiro atoms. The summed E-state index contributed by atoms with van der Waals surface area (Å²) in [5.74, 6) is -1.77. The molecule has 2 N–H and O–H groups in total. The maximum atomic E-state index is 12.4. The van der Waals surface area contributed by atoms with Gasteiger partial charge in [0.25, 0.3) is 5.91 Å². The van der Waals surface area contributed by atoms with Gasteiger partial charge in [-0.05, 0) is 73.7 Å². The molecule has 2 aromatic rings. The monoisotopic (exact) mass is 494 g/mol. The van der Waals surface area contributed by atoms with Crippen molar-refractivity contribution in [3.8, 4) is 0 Å². The summed E-state index contributed by atoms with van der Waals surface area (Å²) in [5, 5.41) is 4.75. The number of amides is 1. The first-order valence-electron chi connectivity index (χ1n) is 10.4. The lowest BCUT2D eigenvalue weighted by atomic mass is 10.1. The molecule has 178 valence electrons. The van der Waals surface area contributed by atoms with Gasteiger partial charge in [-0.15, -0.1) is 11.3 Å². The molecule has 1 aromatic carbocycles. The molecule has 1 aliphatic carbocycles. The van der Waals surface area contributed by atoms with E-state index in [0.29, 0.717) is 10.6 Å². The quantitative estimate of drug-likeness (QED) is 0.486. The maximum Gasteiger partial charge on any atom is 0.341 e. The van der Waals surface area contributed by atoms with Gasteiger partial charge in [0.2, 0.25) is 10.0 Å². The predicted molar refractivity (Wildman–Crippen MR) is 123 cm³/mol. The molecular weight excluding hydrogens is 468 g/mol. The van der Waals surface area contributed by atoms with Crippen LogP contribution in [0.5, 0.6) is 0 Å². The average Bonchev–Trinajstić information content (AvgIpc) is 3.53. The van der Waals surface area contributed by atoms with Crippen LogP contribution in [0.15, 0.2) is 28.5 Å². The third-order valence-electron chi connectivity index (χ3n) is 5.13. The number of rotatable bonds is 10. The second kappa shape index (κ2) is 10.4. The smallest absolute Gasteiger partial charge is 0.341 e. The highest BCUT2D eigenvalue weighted by molar-refractivity contribution is 7.89. The van der Waals surface area contributed by atoms with E-state index in [1.165, 1.54) is 23.5 Å². The van der Waals surface area contributed by atoms with E-state index >= 15 is 0 Å². The molecule has 1 heterocycles. The Bertz CT molecular complexity index is 1170. The molecule has 11 heteroatoms. The number of carbonyl (C=O) groups is 3.